The van der Waals surface area contributed by atoms with Crippen molar-refractivity contribution in [2.75, 3.05) is 6.54 Å². The van der Waals surface area contributed by atoms with Gasteiger partial charge in [0.05, 0.1) is 12.1 Å². The summed E-state index contributed by atoms with van der Waals surface area (Å²) in [5, 5.41) is 10.6. The maximum absolute atomic E-state index is 13.3. The Bertz CT molecular complexity index is 1150. The van der Waals surface area contributed by atoms with Gasteiger partial charge in [0.15, 0.2) is 0 Å². The highest BCUT2D eigenvalue weighted by molar-refractivity contribution is 7.46. The quantitative estimate of drug-likeness (QED) is 0.0694. The average Bonchev–Trinajstić information content (AvgIpc) is 3.43. The first-order valence-electron chi connectivity index (χ1n) is 12.8. The molecule has 10 N–H and O–H groups in total. The van der Waals surface area contributed by atoms with Crippen LogP contribution in [0.4, 0.5) is 0 Å². The fourth-order valence-corrected chi connectivity index (χ4v) is 4.43. The molecule has 16 nitrogen and oxygen atoms in total. The SMILES string of the molecule is NC(=O)CC[C@@H](C=O)NC(=O)[C@H](Cc1ccc(OP(=O)(O)O)cc1)NC(=O)[C@H](CCC(N)=O)NC(=O)[C@@H]1CCCN1. The van der Waals surface area contributed by atoms with Crippen LogP contribution in [0.1, 0.15) is 44.1 Å². The van der Waals surface area contributed by atoms with Crippen molar-refractivity contribution in [3.63, 3.8) is 0 Å². The van der Waals surface area contributed by atoms with Crippen LogP contribution in [0.5, 0.6) is 5.75 Å². The summed E-state index contributed by atoms with van der Waals surface area (Å²) < 4.78 is 15.6. The molecule has 0 unspecified atom stereocenters. The van der Waals surface area contributed by atoms with Gasteiger partial charge in [-0.05, 0) is 49.9 Å². The zero-order valence-corrected chi connectivity index (χ0v) is 23.0. The molecule has 0 aliphatic carbocycles. The first kappa shape index (κ1) is 33.4. The van der Waals surface area contributed by atoms with Gasteiger partial charge >= 0.3 is 7.82 Å². The van der Waals surface area contributed by atoms with Crippen LogP contribution in [0, 0.1) is 0 Å². The molecule has 17 heteroatoms. The Morgan fingerprint density at radius 3 is 2.12 bits per heavy atom. The maximum Gasteiger partial charge on any atom is 0.524 e. The lowest BCUT2D eigenvalue weighted by molar-refractivity contribution is -0.133. The van der Waals surface area contributed by atoms with E-state index in [1.165, 1.54) is 24.3 Å². The fourth-order valence-electron chi connectivity index (χ4n) is 4.03. The standard InChI is InChI=1S/C24H35N6O10P/c25-20(32)9-5-15(13-31)28-24(36)19(12-14-3-6-16(7-4-14)40-41(37,38)39)30-23(35)18(8-10-21(26)33)29-22(34)17-2-1-11-27-17/h3-4,6-7,13,15,17-19,27H,1-2,5,8-12H2,(H2,25,32)(H2,26,33)(H,28,36)(H,29,34)(H,30,35)(H2,37,38,39)/t15-,17-,18-,19-/m0/s1. The lowest BCUT2D eigenvalue weighted by atomic mass is 10.0. The van der Waals surface area contributed by atoms with Crippen LogP contribution in [0.25, 0.3) is 0 Å². The smallest absolute Gasteiger partial charge is 0.404 e. The highest BCUT2D eigenvalue weighted by Gasteiger charge is 2.31. The summed E-state index contributed by atoms with van der Waals surface area (Å²) in [5.74, 6) is -3.58. The Morgan fingerprint density at radius 1 is 0.976 bits per heavy atom. The van der Waals surface area contributed by atoms with Crippen LogP contribution in [0.3, 0.4) is 0 Å². The minimum Gasteiger partial charge on any atom is -0.404 e. The normalized spacial score (nSPS) is 17.0. The Hall–Kier alpha value is -3.85. The van der Waals surface area contributed by atoms with Crippen molar-refractivity contribution in [3.8, 4) is 5.75 Å². The van der Waals surface area contributed by atoms with E-state index in [-0.39, 0.29) is 37.9 Å². The van der Waals surface area contributed by atoms with E-state index in [1.807, 2.05) is 0 Å². The van der Waals surface area contributed by atoms with Gasteiger partial charge in [-0.3, -0.25) is 33.8 Å². The predicted molar refractivity (Wildman–Crippen MR) is 143 cm³/mol. The van der Waals surface area contributed by atoms with Crippen molar-refractivity contribution in [2.24, 2.45) is 11.5 Å². The number of phosphoric ester groups is 1. The Labute approximate surface area is 235 Å². The van der Waals surface area contributed by atoms with Crippen LogP contribution in [-0.4, -0.2) is 76.3 Å². The number of hydrogen-bond acceptors (Lipinski definition) is 9. The van der Waals surface area contributed by atoms with Gasteiger partial charge < -0.3 is 42.1 Å². The van der Waals surface area contributed by atoms with Gasteiger partial charge in [0, 0.05) is 19.3 Å². The number of phosphoric acid groups is 1. The molecule has 1 saturated heterocycles. The molecule has 4 atom stereocenters. The monoisotopic (exact) mass is 598 g/mol. The third-order valence-electron chi connectivity index (χ3n) is 6.10. The molecule has 1 aliphatic heterocycles. The van der Waals surface area contributed by atoms with Gasteiger partial charge in [-0.2, -0.15) is 0 Å². The summed E-state index contributed by atoms with van der Waals surface area (Å²) in [5.41, 5.74) is 10.8. The summed E-state index contributed by atoms with van der Waals surface area (Å²) in [7, 11) is -4.80. The molecule has 5 amide bonds. The molecule has 2 rings (SSSR count). The molecular formula is C24H35N6O10P. The molecule has 41 heavy (non-hydrogen) atoms. The van der Waals surface area contributed by atoms with Crippen LogP contribution in [-0.2, 0) is 39.8 Å². The van der Waals surface area contributed by atoms with Crippen molar-refractivity contribution < 1.29 is 47.6 Å². The summed E-state index contributed by atoms with van der Waals surface area (Å²) in [4.78, 5) is 91.1. The van der Waals surface area contributed by atoms with Gasteiger partial charge in [-0.15, -0.1) is 0 Å². The highest BCUT2D eigenvalue weighted by Crippen LogP contribution is 2.37. The number of hydrogen-bond donors (Lipinski definition) is 8. The van der Waals surface area contributed by atoms with E-state index < -0.39 is 61.5 Å². The number of benzene rings is 1. The van der Waals surface area contributed by atoms with E-state index in [2.05, 4.69) is 25.8 Å². The number of carbonyl (C=O) groups is 6. The molecule has 1 aliphatic rings. The van der Waals surface area contributed by atoms with E-state index >= 15 is 0 Å². The molecule has 1 aromatic carbocycles. The van der Waals surface area contributed by atoms with Crippen molar-refractivity contribution in [3.05, 3.63) is 29.8 Å². The Balaban J connectivity index is 2.25. The predicted octanol–water partition coefficient (Wildman–Crippen LogP) is -2.36. The van der Waals surface area contributed by atoms with Crippen molar-refractivity contribution in [2.45, 2.75) is 69.1 Å². The lowest BCUT2D eigenvalue weighted by Crippen LogP contribution is -2.57. The fraction of sp³-hybridized carbons (Fsp3) is 0.500. The third kappa shape index (κ3) is 12.5. The average molecular weight is 599 g/mol. The molecule has 1 heterocycles. The highest BCUT2D eigenvalue weighted by atomic mass is 31.2. The van der Waals surface area contributed by atoms with E-state index in [4.69, 9.17) is 21.3 Å². The maximum atomic E-state index is 13.3. The van der Waals surface area contributed by atoms with Gasteiger partial charge in [0.2, 0.25) is 29.5 Å². The molecule has 0 bridgehead atoms. The van der Waals surface area contributed by atoms with E-state index in [0.717, 1.165) is 6.42 Å². The van der Waals surface area contributed by atoms with Crippen molar-refractivity contribution in [1.82, 2.24) is 21.3 Å². The number of rotatable bonds is 17. The molecule has 0 saturated carbocycles. The Kier molecular flexibility index (Phi) is 12.9. The second kappa shape index (κ2) is 15.8. The number of carbonyl (C=O) groups excluding carboxylic acids is 6. The number of amides is 5. The number of nitrogens with two attached hydrogens (primary N) is 2. The van der Waals surface area contributed by atoms with Crippen LogP contribution in [0.15, 0.2) is 24.3 Å². The first-order chi connectivity index (χ1) is 19.3. The molecule has 0 radical (unpaired) electrons. The second-order valence-corrected chi connectivity index (χ2v) is 10.6. The van der Waals surface area contributed by atoms with Crippen molar-refractivity contribution in [1.29, 1.82) is 0 Å². The summed E-state index contributed by atoms with van der Waals surface area (Å²) in [6.45, 7) is 0.629. The molecular weight excluding hydrogens is 563 g/mol. The number of primary amides is 2. The van der Waals surface area contributed by atoms with Crippen molar-refractivity contribution >= 4 is 43.6 Å². The van der Waals surface area contributed by atoms with E-state index in [1.54, 1.807) is 0 Å². The molecule has 226 valence electrons. The van der Waals surface area contributed by atoms with Gasteiger partial charge in [-0.1, -0.05) is 12.1 Å². The minimum absolute atomic E-state index is 0.0780. The minimum atomic E-state index is -4.80. The zero-order chi connectivity index (χ0) is 30.6. The number of nitrogens with one attached hydrogen (secondary N) is 4. The zero-order valence-electron chi connectivity index (χ0n) is 22.1. The molecule has 1 fully saturated rings. The molecule has 1 aromatic rings. The molecule has 0 spiro atoms. The number of aldehydes is 1. The van der Waals surface area contributed by atoms with Gasteiger partial charge in [-0.25, -0.2) is 4.57 Å². The summed E-state index contributed by atoms with van der Waals surface area (Å²) in [6.07, 6.45) is 0.954. The second-order valence-electron chi connectivity index (χ2n) is 9.46. The van der Waals surface area contributed by atoms with Crippen LogP contribution < -0.4 is 37.3 Å². The van der Waals surface area contributed by atoms with Crippen LogP contribution in [0.2, 0.25) is 0 Å². The summed E-state index contributed by atoms with van der Waals surface area (Å²) >= 11 is 0. The van der Waals surface area contributed by atoms with Crippen LogP contribution >= 0.6 is 7.82 Å². The largest absolute Gasteiger partial charge is 0.524 e. The molecule has 0 aromatic heterocycles. The third-order valence-corrected chi connectivity index (χ3v) is 6.55. The first-order valence-corrected chi connectivity index (χ1v) is 14.3. The Morgan fingerprint density at radius 2 is 1.59 bits per heavy atom. The summed E-state index contributed by atoms with van der Waals surface area (Å²) in [6, 6.07) is 1.15. The van der Waals surface area contributed by atoms with Gasteiger partial charge in [0.25, 0.3) is 0 Å². The topological polar surface area (TPSA) is 269 Å². The van der Waals surface area contributed by atoms with Gasteiger partial charge in [0.1, 0.15) is 24.1 Å². The van der Waals surface area contributed by atoms with E-state index in [9.17, 15) is 33.3 Å². The van der Waals surface area contributed by atoms with E-state index in [0.29, 0.717) is 24.8 Å². The lowest BCUT2D eigenvalue weighted by Gasteiger charge is -2.25.